The summed E-state index contributed by atoms with van der Waals surface area (Å²) in [5, 5.41) is 9.76. The molecule has 1 unspecified atom stereocenters. The predicted molar refractivity (Wildman–Crippen MR) is 60.1 cm³/mol. The average molecular weight is 228 g/mol. The second-order valence-corrected chi connectivity index (χ2v) is 5.36. The van der Waals surface area contributed by atoms with Gasteiger partial charge in [0.1, 0.15) is 11.6 Å². The van der Waals surface area contributed by atoms with Crippen molar-refractivity contribution in [2.24, 2.45) is 5.41 Å². The van der Waals surface area contributed by atoms with E-state index >= 15 is 0 Å². The number of aliphatic hydroxyl groups is 1. The van der Waals surface area contributed by atoms with Crippen LogP contribution < -0.4 is 0 Å². The molecule has 0 bridgehead atoms. The monoisotopic (exact) mass is 228 g/mol. The third kappa shape index (κ3) is 4.27. The molecule has 0 heterocycles. The van der Waals surface area contributed by atoms with Crippen molar-refractivity contribution in [3.8, 4) is 0 Å². The Morgan fingerprint density at radius 3 is 2.44 bits per heavy atom. The van der Waals surface area contributed by atoms with Gasteiger partial charge in [0.25, 0.3) is 0 Å². The fourth-order valence-corrected chi connectivity index (χ4v) is 1.73. The van der Waals surface area contributed by atoms with Gasteiger partial charge in [-0.25, -0.2) is 8.78 Å². The Kier molecular flexibility index (Phi) is 4.03. The zero-order valence-electron chi connectivity index (χ0n) is 9.93. The molecule has 0 spiro atoms. The largest absolute Gasteiger partial charge is 0.393 e. The minimum atomic E-state index is -0.642. The van der Waals surface area contributed by atoms with Gasteiger partial charge in [-0.1, -0.05) is 20.8 Å². The van der Waals surface area contributed by atoms with E-state index in [1.807, 2.05) is 20.8 Å². The first kappa shape index (κ1) is 13.1. The number of aliphatic hydroxyl groups excluding tert-OH is 1. The van der Waals surface area contributed by atoms with E-state index in [0.717, 1.165) is 18.2 Å². The molecule has 0 amide bonds. The molecule has 0 fully saturated rings. The van der Waals surface area contributed by atoms with Crippen molar-refractivity contribution < 1.29 is 13.9 Å². The van der Waals surface area contributed by atoms with Gasteiger partial charge in [0, 0.05) is 6.42 Å². The van der Waals surface area contributed by atoms with Crippen LogP contribution in [0, 0.1) is 17.0 Å². The molecule has 1 N–H and O–H groups in total. The number of hydrogen-bond donors (Lipinski definition) is 1. The summed E-state index contributed by atoms with van der Waals surface area (Å²) in [6, 6.07) is 3.31. The Morgan fingerprint density at radius 1 is 1.25 bits per heavy atom. The lowest BCUT2D eigenvalue weighted by Gasteiger charge is -2.22. The van der Waals surface area contributed by atoms with Gasteiger partial charge >= 0.3 is 0 Å². The van der Waals surface area contributed by atoms with Crippen LogP contribution in [-0.4, -0.2) is 11.2 Å². The first-order valence-electron chi connectivity index (χ1n) is 5.40. The van der Waals surface area contributed by atoms with Crippen LogP contribution in [0.5, 0.6) is 0 Å². The number of benzene rings is 1. The molecule has 0 saturated heterocycles. The second kappa shape index (κ2) is 4.91. The van der Waals surface area contributed by atoms with Crippen LogP contribution in [0.4, 0.5) is 8.78 Å². The van der Waals surface area contributed by atoms with Crippen LogP contribution >= 0.6 is 0 Å². The standard InChI is InChI=1S/C13H18F2O/c1-13(2,3)8-11(16)7-9-6-10(14)4-5-12(9)15/h4-6,11,16H,7-8H2,1-3H3. The zero-order chi connectivity index (χ0) is 12.3. The summed E-state index contributed by atoms with van der Waals surface area (Å²) in [5.41, 5.74) is 0.209. The highest BCUT2D eigenvalue weighted by Gasteiger charge is 2.18. The van der Waals surface area contributed by atoms with Crippen molar-refractivity contribution in [1.29, 1.82) is 0 Å². The maximum atomic E-state index is 13.3. The Balaban J connectivity index is 2.69. The van der Waals surface area contributed by atoms with E-state index in [2.05, 4.69) is 0 Å². The fraction of sp³-hybridized carbons (Fsp3) is 0.538. The summed E-state index contributed by atoms with van der Waals surface area (Å²) in [7, 11) is 0. The van der Waals surface area contributed by atoms with E-state index < -0.39 is 17.7 Å². The fourth-order valence-electron chi connectivity index (χ4n) is 1.73. The molecular weight excluding hydrogens is 210 g/mol. The van der Waals surface area contributed by atoms with E-state index in [9.17, 15) is 13.9 Å². The van der Waals surface area contributed by atoms with Gasteiger partial charge < -0.3 is 5.11 Å². The molecule has 0 aliphatic carbocycles. The normalized spacial score (nSPS) is 13.9. The van der Waals surface area contributed by atoms with Gasteiger partial charge in [-0.2, -0.15) is 0 Å². The lowest BCUT2D eigenvalue weighted by atomic mass is 9.87. The van der Waals surface area contributed by atoms with E-state index in [0.29, 0.717) is 6.42 Å². The molecule has 1 nitrogen and oxygen atoms in total. The Labute approximate surface area is 95.1 Å². The van der Waals surface area contributed by atoms with Gasteiger partial charge in [-0.3, -0.25) is 0 Å². The molecule has 90 valence electrons. The SMILES string of the molecule is CC(C)(C)CC(O)Cc1cc(F)ccc1F. The first-order valence-corrected chi connectivity index (χ1v) is 5.40. The maximum Gasteiger partial charge on any atom is 0.126 e. The molecule has 0 aliphatic heterocycles. The molecule has 1 aromatic rings. The molecular formula is C13H18F2O. The summed E-state index contributed by atoms with van der Waals surface area (Å²) in [6.45, 7) is 5.99. The quantitative estimate of drug-likeness (QED) is 0.841. The smallest absolute Gasteiger partial charge is 0.126 e. The van der Waals surface area contributed by atoms with Gasteiger partial charge in [0.05, 0.1) is 6.10 Å². The molecule has 1 aromatic carbocycles. The van der Waals surface area contributed by atoms with Crippen LogP contribution in [0.25, 0.3) is 0 Å². The van der Waals surface area contributed by atoms with Crippen molar-refractivity contribution in [3.63, 3.8) is 0 Å². The van der Waals surface area contributed by atoms with Gasteiger partial charge in [-0.15, -0.1) is 0 Å². The van der Waals surface area contributed by atoms with E-state index in [4.69, 9.17) is 0 Å². The summed E-state index contributed by atoms with van der Waals surface area (Å²) >= 11 is 0. The molecule has 0 radical (unpaired) electrons. The molecule has 1 rings (SSSR count). The van der Waals surface area contributed by atoms with Gasteiger partial charge in [0.2, 0.25) is 0 Å². The molecule has 0 aromatic heterocycles. The Bertz CT molecular complexity index is 355. The molecule has 3 heteroatoms. The van der Waals surface area contributed by atoms with Crippen LogP contribution in [0.2, 0.25) is 0 Å². The van der Waals surface area contributed by atoms with Crippen LogP contribution in [0.15, 0.2) is 18.2 Å². The molecule has 0 saturated carbocycles. The third-order valence-corrected chi connectivity index (χ3v) is 2.31. The Hall–Kier alpha value is -0.960. The predicted octanol–water partition coefficient (Wildman–Crippen LogP) is 3.30. The lowest BCUT2D eigenvalue weighted by molar-refractivity contribution is 0.120. The highest BCUT2D eigenvalue weighted by Crippen LogP contribution is 2.23. The van der Waals surface area contributed by atoms with Crippen LogP contribution in [-0.2, 0) is 6.42 Å². The van der Waals surface area contributed by atoms with Crippen molar-refractivity contribution in [3.05, 3.63) is 35.4 Å². The Morgan fingerprint density at radius 2 is 1.88 bits per heavy atom. The summed E-state index contributed by atoms with van der Waals surface area (Å²) in [5.74, 6) is -0.936. The zero-order valence-corrected chi connectivity index (χ0v) is 9.93. The number of rotatable bonds is 3. The minimum Gasteiger partial charge on any atom is -0.393 e. The maximum absolute atomic E-state index is 13.3. The van der Waals surface area contributed by atoms with Gasteiger partial charge in [0.15, 0.2) is 0 Å². The highest BCUT2D eigenvalue weighted by molar-refractivity contribution is 5.19. The third-order valence-electron chi connectivity index (χ3n) is 2.31. The van der Waals surface area contributed by atoms with E-state index in [1.54, 1.807) is 0 Å². The highest BCUT2D eigenvalue weighted by atomic mass is 19.1. The number of hydrogen-bond acceptors (Lipinski definition) is 1. The molecule has 1 atom stereocenters. The summed E-state index contributed by atoms with van der Waals surface area (Å²) in [4.78, 5) is 0. The topological polar surface area (TPSA) is 20.2 Å². The molecule has 16 heavy (non-hydrogen) atoms. The summed E-state index contributed by atoms with van der Waals surface area (Å²) in [6.07, 6.45) is 0.0698. The minimum absolute atomic E-state index is 0.0246. The van der Waals surface area contributed by atoms with Crippen molar-refractivity contribution in [1.82, 2.24) is 0 Å². The van der Waals surface area contributed by atoms with Crippen molar-refractivity contribution >= 4 is 0 Å². The second-order valence-electron chi connectivity index (χ2n) is 5.36. The van der Waals surface area contributed by atoms with E-state index in [1.165, 1.54) is 0 Å². The van der Waals surface area contributed by atoms with Crippen LogP contribution in [0.3, 0.4) is 0 Å². The number of halogens is 2. The first-order chi connectivity index (χ1) is 7.28. The molecule has 0 aliphatic rings. The lowest BCUT2D eigenvalue weighted by Crippen LogP contribution is -2.20. The van der Waals surface area contributed by atoms with Crippen LogP contribution in [0.1, 0.15) is 32.8 Å². The van der Waals surface area contributed by atoms with E-state index in [-0.39, 0.29) is 17.4 Å². The summed E-state index contributed by atoms with van der Waals surface area (Å²) < 4.78 is 26.2. The van der Waals surface area contributed by atoms with Gasteiger partial charge in [-0.05, 0) is 35.6 Å². The average Bonchev–Trinajstić information content (AvgIpc) is 2.08. The van der Waals surface area contributed by atoms with Crippen molar-refractivity contribution in [2.45, 2.75) is 39.7 Å². The van der Waals surface area contributed by atoms with Crippen molar-refractivity contribution in [2.75, 3.05) is 0 Å².